The second-order valence-electron chi connectivity index (χ2n) is 6.34. The summed E-state index contributed by atoms with van der Waals surface area (Å²) in [6.45, 7) is 1.86. The average molecular weight is 371 g/mol. The van der Waals surface area contributed by atoms with E-state index >= 15 is 0 Å². The van der Waals surface area contributed by atoms with Gasteiger partial charge in [-0.25, -0.2) is 0 Å². The van der Waals surface area contributed by atoms with Gasteiger partial charge in [0.15, 0.2) is 0 Å². The summed E-state index contributed by atoms with van der Waals surface area (Å²) < 4.78 is 5.34. The molecule has 1 aliphatic heterocycles. The summed E-state index contributed by atoms with van der Waals surface area (Å²) in [7, 11) is 0. The number of rotatable bonds is 5. The van der Waals surface area contributed by atoms with E-state index < -0.39 is 0 Å². The normalized spacial score (nSPS) is 21.8. The Morgan fingerprint density at radius 1 is 1.29 bits per heavy atom. The Hall–Kier alpha value is -0.750. The Labute approximate surface area is 154 Å². The third kappa shape index (κ3) is 5.96. The van der Waals surface area contributed by atoms with Crippen LogP contribution in [-0.4, -0.2) is 37.0 Å². The quantitative estimate of drug-likeness (QED) is 0.831. The van der Waals surface area contributed by atoms with Gasteiger partial charge in [-0.1, -0.05) is 31.4 Å². The van der Waals surface area contributed by atoms with Crippen molar-refractivity contribution in [3.63, 3.8) is 0 Å². The van der Waals surface area contributed by atoms with Crippen molar-refractivity contribution in [2.45, 2.75) is 49.1 Å². The highest BCUT2D eigenvalue weighted by atomic mass is 35.5. The molecule has 4 nitrogen and oxygen atoms in total. The molecule has 1 atom stereocenters. The lowest BCUT2D eigenvalue weighted by molar-refractivity contribution is -0.120. The third-order valence-corrected chi connectivity index (χ3v) is 5.91. The summed E-state index contributed by atoms with van der Waals surface area (Å²) in [6, 6.07) is 7.97. The fraction of sp³-hybridized carbons (Fsp3) is 0.611. The molecule has 0 bridgehead atoms. The fourth-order valence-electron chi connectivity index (χ4n) is 3.15. The Kier molecular flexibility index (Phi) is 8.39. The van der Waals surface area contributed by atoms with Gasteiger partial charge in [-0.15, -0.1) is 12.4 Å². The van der Waals surface area contributed by atoms with E-state index in [1.165, 1.54) is 37.7 Å². The van der Waals surface area contributed by atoms with E-state index in [1.807, 2.05) is 12.1 Å². The van der Waals surface area contributed by atoms with E-state index in [4.69, 9.17) is 4.74 Å². The molecule has 0 radical (unpaired) electrons. The first-order valence-corrected chi connectivity index (χ1v) is 9.69. The van der Waals surface area contributed by atoms with Crippen LogP contribution in [0.3, 0.4) is 0 Å². The molecule has 1 saturated carbocycles. The molecule has 2 N–H and O–H groups in total. The summed E-state index contributed by atoms with van der Waals surface area (Å²) in [6.07, 6.45) is 6.87. The highest BCUT2D eigenvalue weighted by Crippen LogP contribution is 2.30. The number of nitrogens with one attached hydrogen (secondary N) is 2. The van der Waals surface area contributed by atoms with Crippen molar-refractivity contribution in [3.05, 3.63) is 29.8 Å². The number of anilines is 1. The first kappa shape index (κ1) is 19.6. The average Bonchev–Trinajstić information content (AvgIpc) is 2.62. The lowest BCUT2D eigenvalue weighted by Gasteiger charge is -2.23. The Morgan fingerprint density at radius 3 is 2.88 bits per heavy atom. The maximum Gasteiger partial charge on any atom is 0.243 e. The standard InChI is InChI=1S/C18H26N2O2S.ClH/c21-18(17-12-22-10-9-19-17)20-15-6-4-5-14(11-15)13-23-16-7-2-1-3-8-16;/h4-6,11,16-17,19H,1-3,7-10,12-13H2,(H,20,21);1H. The highest BCUT2D eigenvalue weighted by Gasteiger charge is 2.21. The molecule has 1 unspecified atom stereocenters. The number of thioether (sulfide) groups is 1. The number of carbonyl (C=O) groups is 1. The number of hydrogen-bond donors (Lipinski definition) is 2. The summed E-state index contributed by atoms with van der Waals surface area (Å²) in [5.74, 6) is 1.01. The summed E-state index contributed by atoms with van der Waals surface area (Å²) in [5.41, 5.74) is 2.16. The van der Waals surface area contributed by atoms with Gasteiger partial charge in [0.1, 0.15) is 6.04 Å². The zero-order chi connectivity index (χ0) is 15.9. The molecule has 0 aromatic heterocycles. The molecule has 1 aliphatic carbocycles. The molecule has 1 heterocycles. The zero-order valence-corrected chi connectivity index (χ0v) is 15.6. The van der Waals surface area contributed by atoms with Crippen LogP contribution in [-0.2, 0) is 15.3 Å². The van der Waals surface area contributed by atoms with Crippen molar-refractivity contribution in [2.24, 2.45) is 0 Å². The van der Waals surface area contributed by atoms with Gasteiger partial charge in [0.25, 0.3) is 0 Å². The molecule has 3 rings (SSSR count). The number of hydrogen-bond acceptors (Lipinski definition) is 4. The van der Waals surface area contributed by atoms with Crippen LogP contribution >= 0.6 is 24.2 Å². The van der Waals surface area contributed by atoms with Crippen LogP contribution in [0, 0.1) is 0 Å². The van der Waals surface area contributed by atoms with Gasteiger partial charge in [0.2, 0.25) is 5.91 Å². The van der Waals surface area contributed by atoms with Crippen molar-refractivity contribution in [1.29, 1.82) is 0 Å². The van der Waals surface area contributed by atoms with E-state index in [0.29, 0.717) is 13.2 Å². The molecule has 24 heavy (non-hydrogen) atoms. The minimum Gasteiger partial charge on any atom is -0.378 e. The largest absolute Gasteiger partial charge is 0.378 e. The Balaban J connectivity index is 0.00000208. The van der Waals surface area contributed by atoms with Crippen LogP contribution in [0.15, 0.2) is 24.3 Å². The van der Waals surface area contributed by atoms with Crippen molar-refractivity contribution >= 4 is 35.8 Å². The zero-order valence-electron chi connectivity index (χ0n) is 14.0. The molecule has 2 fully saturated rings. The number of ether oxygens (including phenoxy) is 1. The Morgan fingerprint density at radius 2 is 2.12 bits per heavy atom. The van der Waals surface area contributed by atoms with E-state index in [1.54, 1.807) is 0 Å². The van der Waals surface area contributed by atoms with Crippen LogP contribution in [0.1, 0.15) is 37.7 Å². The van der Waals surface area contributed by atoms with Crippen LogP contribution in [0.25, 0.3) is 0 Å². The molecule has 134 valence electrons. The number of halogens is 1. The molecule has 0 spiro atoms. The van der Waals surface area contributed by atoms with Gasteiger partial charge in [0.05, 0.1) is 13.2 Å². The summed E-state index contributed by atoms with van der Waals surface area (Å²) in [4.78, 5) is 12.2. The molecule has 1 amide bonds. The van der Waals surface area contributed by atoms with Crippen molar-refractivity contribution < 1.29 is 9.53 Å². The molecule has 1 aromatic carbocycles. The van der Waals surface area contributed by atoms with Gasteiger partial charge in [-0.3, -0.25) is 4.79 Å². The minimum atomic E-state index is -0.246. The Bertz CT molecular complexity index is 517. The number of carbonyl (C=O) groups excluding carboxylic acids is 1. The second-order valence-corrected chi connectivity index (χ2v) is 7.63. The summed E-state index contributed by atoms with van der Waals surface area (Å²) >= 11 is 2.06. The lowest BCUT2D eigenvalue weighted by Crippen LogP contribution is -2.48. The predicted molar refractivity (Wildman–Crippen MR) is 103 cm³/mol. The van der Waals surface area contributed by atoms with Gasteiger partial charge >= 0.3 is 0 Å². The molecule has 1 aromatic rings. The van der Waals surface area contributed by atoms with E-state index in [9.17, 15) is 4.79 Å². The summed E-state index contributed by atoms with van der Waals surface area (Å²) in [5, 5.41) is 6.99. The predicted octanol–water partition coefficient (Wildman–Crippen LogP) is 3.60. The van der Waals surface area contributed by atoms with Gasteiger partial charge < -0.3 is 15.4 Å². The number of morpholine rings is 1. The van der Waals surface area contributed by atoms with Gasteiger partial charge in [-0.05, 0) is 30.5 Å². The monoisotopic (exact) mass is 370 g/mol. The lowest BCUT2D eigenvalue weighted by atomic mass is 10.0. The fourth-order valence-corrected chi connectivity index (χ4v) is 4.42. The van der Waals surface area contributed by atoms with Crippen LogP contribution in [0.4, 0.5) is 5.69 Å². The van der Waals surface area contributed by atoms with E-state index in [2.05, 4.69) is 34.5 Å². The highest BCUT2D eigenvalue weighted by molar-refractivity contribution is 7.99. The smallest absolute Gasteiger partial charge is 0.243 e. The molecular weight excluding hydrogens is 344 g/mol. The van der Waals surface area contributed by atoms with Crippen LogP contribution in [0.2, 0.25) is 0 Å². The van der Waals surface area contributed by atoms with Crippen LogP contribution in [0.5, 0.6) is 0 Å². The van der Waals surface area contributed by atoms with Crippen molar-refractivity contribution in [3.8, 4) is 0 Å². The maximum absolute atomic E-state index is 12.2. The minimum absolute atomic E-state index is 0. The van der Waals surface area contributed by atoms with Gasteiger partial charge in [-0.2, -0.15) is 11.8 Å². The topological polar surface area (TPSA) is 50.4 Å². The number of benzene rings is 1. The van der Waals surface area contributed by atoms with Crippen molar-refractivity contribution in [2.75, 3.05) is 25.1 Å². The van der Waals surface area contributed by atoms with Crippen molar-refractivity contribution in [1.82, 2.24) is 5.32 Å². The molecule has 2 aliphatic rings. The number of amides is 1. The SMILES string of the molecule is Cl.O=C(Nc1cccc(CSC2CCCCC2)c1)C1COCCN1. The first-order valence-electron chi connectivity index (χ1n) is 8.64. The molecule has 6 heteroatoms. The first-order chi connectivity index (χ1) is 11.3. The third-order valence-electron chi connectivity index (χ3n) is 4.47. The molecular formula is C18H27ClN2O2S. The second kappa shape index (κ2) is 10.3. The van der Waals surface area contributed by atoms with Crippen LogP contribution < -0.4 is 10.6 Å². The van der Waals surface area contributed by atoms with E-state index in [-0.39, 0.29) is 24.4 Å². The maximum atomic E-state index is 12.2. The molecule has 1 saturated heterocycles. The van der Waals surface area contributed by atoms with Gasteiger partial charge in [0, 0.05) is 23.2 Å². The van der Waals surface area contributed by atoms with E-state index in [0.717, 1.165) is 23.2 Å².